The molecule has 0 atom stereocenters. The van der Waals surface area contributed by atoms with Gasteiger partial charge in [0.1, 0.15) is 18.4 Å². The number of nitrogens with zero attached hydrogens (tertiary/aromatic N) is 3. The second-order valence-electron chi connectivity index (χ2n) is 4.61. The molecule has 0 bridgehead atoms. The molecule has 108 valence electrons. The fourth-order valence-electron chi connectivity index (χ4n) is 2.26. The lowest BCUT2D eigenvalue weighted by Gasteiger charge is -2.35. The fraction of sp³-hybridized carbons (Fsp3) is 0.500. The first-order chi connectivity index (χ1) is 9.78. The van der Waals surface area contributed by atoms with Gasteiger partial charge in [-0.15, -0.1) is 0 Å². The van der Waals surface area contributed by atoms with Crippen LogP contribution in [0.2, 0.25) is 0 Å². The van der Waals surface area contributed by atoms with Crippen LogP contribution in [0.1, 0.15) is 5.56 Å². The third-order valence-corrected chi connectivity index (χ3v) is 3.36. The van der Waals surface area contributed by atoms with E-state index in [1.807, 2.05) is 17.0 Å². The normalized spacial score (nSPS) is 15.9. The largest absolute Gasteiger partial charge is 0.491 e. The van der Waals surface area contributed by atoms with Crippen molar-refractivity contribution in [1.29, 1.82) is 5.26 Å². The maximum Gasteiger partial charge on any atom is 0.120 e. The third kappa shape index (κ3) is 3.39. The second-order valence-corrected chi connectivity index (χ2v) is 4.61. The van der Waals surface area contributed by atoms with Crippen LogP contribution in [-0.2, 0) is 0 Å². The first-order valence-electron chi connectivity index (χ1n) is 6.64. The molecule has 2 rings (SSSR count). The number of piperazine rings is 1. The summed E-state index contributed by atoms with van der Waals surface area (Å²) in [5.74, 6) is 0.591. The summed E-state index contributed by atoms with van der Waals surface area (Å²) < 4.78 is 5.31. The van der Waals surface area contributed by atoms with Gasteiger partial charge in [0.25, 0.3) is 0 Å². The van der Waals surface area contributed by atoms with Crippen LogP contribution < -0.4 is 9.64 Å². The smallest absolute Gasteiger partial charge is 0.120 e. The molecule has 6 nitrogen and oxygen atoms in total. The molecule has 1 saturated heterocycles. The summed E-state index contributed by atoms with van der Waals surface area (Å²) >= 11 is 0. The van der Waals surface area contributed by atoms with Crippen molar-refractivity contribution in [3.8, 4) is 11.8 Å². The number of hydrogen-bond donors (Lipinski definition) is 2. The lowest BCUT2D eigenvalue weighted by molar-refractivity contribution is 0.102. The predicted octanol–water partition coefficient (Wildman–Crippen LogP) is 0.00118. The van der Waals surface area contributed by atoms with E-state index in [4.69, 9.17) is 14.9 Å². The van der Waals surface area contributed by atoms with Crippen molar-refractivity contribution in [3.05, 3.63) is 23.8 Å². The Morgan fingerprint density at radius 1 is 1.20 bits per heavy atom. The highest BCUT2D eigenvalue weighted by Crippen LogP contribution is 2.26. The summed E-state index contributed by atoms with van der Waals surface area (Å²) in [6.45, 7) is 3.38. The Balaban J connectivity index is 2.10. The van der Waals surface area contributed by atoms with Crippen LogP contribution in [0.4, 0.5) is 5.69 Å². The summed E-state index contributed by atoms with van der Waals surface area (Å²) in [5.41, 5.74) is 1.46. The Morgan fingerprint density at radius 2 is 1.95 bits per heavy atom. The maximum absolute atomic E-state index is 9.27. The highest BCUT2D eigenvalue weighted by atomic mass is 16.5. The lowest BCUT2D eigenvalue weighted by atomic mass is 10.1. The zero-order chi connectivity index (χ0) is 14.4. The molecule has 1 aliphatic rings. The van der Waals surface area contributed by atoms with E-state index in [9.17, 15) is 5.26 Å². The monoisotopic (exact) mass is 277 g/mol. The fourth-order valence-corrected chi connectivity index (χ4v) is 2.26. The molecule has 0 aromatic heterocycles. The molecule has 0 spiro atoms. The van der Waals surface area contributed by atoms with E-state index >= 15 is 0 Å². The number of aliphatic hydroxyl groups is 2. The van der Waals surface area contributed by atoms with E-state index in [0.717, 1.165) is 31.9 Å². The molecule has 1 heterocycles. The maximum atomic E-state index is 9.27. The Morgan fingerprint density at radius 3 is 2.55 bits per heavy atom. The van der Waals surface area contributed by atoms with Crippen molar-refractivity contribution in [3.63, 3.8) is 0 Å². The van der Waals surface area contributed by atoms with E-state index in [2.05, 4.69) is 11.0 Å². The molecule has 1 fully saturated rings. The van der Waals surface area contributed by atoms with Gasteiger partial charge in [-0.3, -0.25) is 4.90 Å². The Labute approximate surface area is 118 Å². The average Bonchev–Trinajstić information content (AvgIpc) is 2.52. The minimum atomic E-state index is -0.0489. The molecule has 1 aromatic rings. The van der Waals surface area contributed by atoms with Gasteiger partial charge in [0, 0.05) is 26.2 Å². The molecule has 0 aliphatic carbocycles. The van der Waals surface area contributed by atoms with Crippen molar-refractivity contribution < 1.29 is 14.9 Å². The van der Waals surface area contributed by atoms with E-state index in [0.29, 0.717) is 11.3 Å². The van der Waals surface area contributed by atoms with E-state index < -0.39 is 0 Å². The molecule has 6 heteroatoms. The van der Waals surface area contributed by atoms with Gasteiger partial charge >= 0.3 is 0 Å². The molecule has 0 radical (unpaired) electrons. The van der Waals surface area contributed by atoms with Gasteiger partial charge in [0.05, 0.1) is 24.6 Å². The lowest BCUT2D eigenvalue weighted by Crippen LogP contribution is -2.46. The summed E-state index contributed by atoms with van der Waals surface area (Å²) in [6.07, 6.45) is 0. The van der Waals surface area contributed by atoms with Crippen LogP contribution in [-0.4, -0.2) is 61.2 Å². The van der Waals surface area contributed by atoms with Gasteiger partial charge in [-0.05, 0) is 18.2 Å². The zero-order valence-electron chi connectivity index (χ0n) is 11.3. The van der Waals surface area contributed by atoms with Gasteiger partial charge < -0.3 is 19.8 Å². The number of nitriles is 1. The van der Waals surface area contributed by atoms with Crippen molar-refractivity contribution in [2.45, 2.75) is 0 Å². The number of hydrogen-bond acceptors (Lipinski definition) is 6. The highest BCUT2D eigenvalue weighted by Gasteiger charge is 2.18. The Hall–Kier alpha value is -1.81. The summed E-state index contributed by atoms with van der Waals surface area (Å²) in [6, 6.07) is 7.57. The number of ether oxygens (including phenoxy) is 1. The van der Waals surface area contributed by atoms with Gasteiger partial charge in [-0.2, -0.15) is 5.26 Å². The molecular weight excluding hydrogens is 258 g/mol. The Kier molecular flexibility index (Phi) is 5.18. The van der Waals surface area contributed by atoms with Crippen LogP contribution in [0, 0.1) is 11.3 Å². The van der Waals surface area contributed by atoms with E-state index in [1.54, 1.807) is 6.07 Å². The predicted molar refractivity (Wildman–Crippen MR) is 74.6 cm³/mol. The summed E-state index contributed by atoms with van der Waals surface area (Å²) in [5, 5.41) is 27.1. The molecule has 20 heavy (non-hydrogen) atoms. The van der Waals surface area contributed by atoms with Gasteiger partial charge in [0.2, 0.25) is 0 Å². The van der Waals surface area contributed by atoms with Crippen molar-refractivity contribution in [2.24, 2.45) is 0 Å². The van der Waals surface area contributed by atoms with E-state index in [-0.39, 0.29) is 19.9 Å². The van der Waals surface area contributed by atoms with Crippen LogP contribution >= 0.6 is 0 Å². The van der Waals surface area contributed by atoms with Crippen molar-refractivity contribution in [2.75, 3.05) is 51.0 Å². The molecule has 2 N–H and O–H groups in total. The first kappa shape index (κ1) is 14.6. The average molecular weight is 277 g/mol. The molecule has 0 amide bonds. The molecule has 1 aromatic carbocycles. The molecule has 0 unspecified atom stereocenters. The minimum absolute atomic E-state index is 0.0489. The van der Waals surface area contributed by atoms with Gasteiger partial charge in [-0.1, -0.05) is 0 Å². The molecular formula is C14H19N3O3. The van der Waals surface area contributed by atoms with E-state index in [1.165, 1.54) is 0 Å². The van der Waals surface area contributed by atoms with Gasteiger partial charge in [0.15, 0.2) is 0 Å². The number of rotatable bonds is 5. The molecule has 1 aliphatic heterocycles. The SMILES string of the molecule is N#Cc1cc(OCCO)ccc1N1CCN(CO)CC1. The van der Waals surface area contributed by atoms with Crippen LogP contribution in [0.3, 0.4) is 0 Å². The van der Waals surface area contributed by atoms with Gasteiger partial charge in [-0.25, -0.2) is 0 Å². The topological polar surface area (TPSA) is 80.0 Å². The second kappa shape index (κ2) is 7.10. The highest BCUT2D eigenvalue weighted by molar-refractivity contribution is 5.61. The minimum Gasteiger partial charge on any atom is -0.491 e. The number of aliphatic hydroxyl groups excluding tert-OH is 2. The van der Waals surface area contributed by atoms with Crippen LogP contribution in [0.15, 0.2) is 18.2 Å². The third-order valence-electron chi connectivity index (χ3n) is 3.36. The standard InChI is InChI=1S/C14H19N3O3/c15-10-12-9-13(20-8-7-18)1-2-14(12)17-5-3-16(11-19)4-6-17/h1-2,9,18-19H,3-8,11H2. The van der Waals surface area contributed by atoms with Crippen molar-refractivity contribution >= 4 is 5.69 Å². The zero-order valence-corrected chi connectivity index (χ0v) is 11.3. The Bertz CT molecular complexity index is 479. The first-order valence-corrected chi connectivity index (χ1v) is 6.64. The quantitative estimate of drug-likeness (QED) is 0.788. The number of benzene rings is 1. The summed E-state index contributed by atoms with van der Waals surface area (Å²) in [4.78, 5) is 4.10. The number of anilines is 1. The van der Waals surface area contributed by atoms with Crippen molar-refractivity contribution in [1.82, 2.24) is 4.90 Å². The van der Waals surface area contributed by atoms with Crippen LogP contribution in [0.5, 0.6) is 5.75 Å². The molecule has 0 saturated carbocycles. The van der Waals surface area contributed by atoms with Crippen LogP contribution in [0.25, 0.3) is 0 Å². The summed E-state index contributed by atoms with van der Waals surface area (Å²) in [7, 11) is 0.